The van der Waals surface area contributed by atoms with Crippen molar-refractivity contribution in [1.82, 2.24) is 0 Å². The fourth-order valence-corrected chi connectivity index (χ4v) is 1.27. The Labute approximate surface area is 81.0 Å². The van der Waals surface area contributed by atoms with E-state index in [0.29, 0.717) is 0 Å². The maximum absolute atomic E-state index is 5.43. The Kier molecular flexibility index (Phi) is 2.78. The summed E-state index contributed by atoms with van der Waals surface area (Å²) in [5.41, 5.74) is 2.57. The Hall–Kier alpha value is -1.22. The van der Waals surface area contributed by atoms with Crippen molar-refractivity contribution in [2.24, 2.45) is 5.41 Å². The van der Waals surface area contributed by atoms with Crippen LogP contribution in [-0.2, 0) is 6.42 Å². The molecule has 0 amide bonds. The zero-order valence-electron chi connectivity index (χ0n) is 8.59. The van der Waals surface area contributed by atoms with Gasteiger partial charge in [0.25, 0.3) is 0 Å². The highest BCUT2D eigenvalue weighted by atomic mass is 14.2. The van der Waals surface area contributed by atoms with E-state index < -0.39 is 0 Å². The second-order valence-corrected chi connectivity index (χ2v) is 4.19. The molecule has 0 saturated carbocycles. The lowest BCUT2D eigenvalue weighted by molar-refractivity contribution is 0.501. The molecule has 0 aliphatic rings. The molecule has 1 rings (SSSR count). The van der Waals surface area contributed by atoms with Gasteiger partial charge < -0.3 is 0 Å². The van der Waals surface area contributed by atoms with Crippen molar-refractivity contribution in [2.75, 3.05) is 0 Å². The molecule has 0 heterocycles. The molecule has 0 spiro atoms. The first-order chi connectivity index (χ1) is 6.03. The predicted molar refractivity (Wildman–Crippen MR) is 57.5 cm³/mol. The van der Waals surface area contributed by atoms with Crippen molar-refractivity contribution in [2.45, 2.75) is 27.2 Å². The van der Waals surface area contributed by atoms with Crippen LogP contribution in [0.2, 0.25) is 0 Å². The summed E-state index contributed by atoms with van der Waals surface area (Å²) in [4.78, 5) is 0. The number of aryl methyl sites for hydroxylation is 1. The van der Waals surface area contributed by atoms with Crippen LogP contribution in [0.3, 0.4) is 0 Å². The zero-order chi connectivity index (χ0) is 9.90. The van der Waals surface area contributed by atoms with Gasteiger partial charge in [0.05, 0.1) is 0 Å². The van der Waals surface area contributed by atoms with Crippen molar-refractivity contribution in [3.05, 3.63) is 35.4 Å². The van der Waals surface area contributed by atoms with Gasteiger partial charge in [0.2, 0.25) is 0 Å². The standard InChI is InChI=1S/C13H16/c1-5-13(3,4)10-12-8-6-11(2)7-9-12/h1,6-9H,10H2,2-4H3. The molecule has 1 aromatic carbocycles. The molecule has 0 N–H and O–H groups in total. The second-order valence-electron chi connectivity index (χ2n) is 4.19. The van der Waals surface area contributed by atoms with Crippen LogP contribution >= 0.6 is 0 Å². The van der Waals surface area contributed by atoms with Gasteiger partial charge >= 0.3 is 0 Å². The fraction of sp³-hybridized carbons (Fsp3) is 0.385. The summed E-state index contributed by atoms with van der Waals surface area (Å²) in [6.45, 7) is 6.27. The molecule has 13 heavy (non-hydrogen) atoms. The number of hydrogen-bond acceptors (Lipinski definition) is 0. The lowest BCUT2D eigenvalue weighted by Crippen LogP contribution is -2.11. The molecular weight excluding hydrogens is 156 g/mol. The first kappa shape index (κ1) is 9.86. The van der Waals surface area contributed by atoms with Gasteiger partial charge in [0, 0.05) is 5.41 Å². The quantitative estimate of drug-likeness (QED) is 0.601. The Morgan fingerprint density at radius 1 is 1.23 bits per heavy atom. The minimum atomic E-state index is -0.0325. The first-order valence-corrected chi connectivity index (χ1v) is 4.57. The highest BCUT2D eigenvalue weighted by Gasteiger charge is 2.13. The largest absolute Gasteiger partial charge is 0.120 e. The third-order valence-electron chi connectivity index (χ3n) is 2.16. The van der Waals surface area contributed by atoms with Gasteiger partial charge in [-0.15, -0.1) is 12.3 Å². The van der Waals surface area contributed by atoms with Crippen LogP contribution in [0.5, 0.6) is 0 Å². The average molecular weight is 172 g/mol. The Morgan fingerprint density at radius 3 is 2.23 bits per heavy atom. The van der Waals surface area contributed by atoms with E-state index >= 15 is 0 Å². The highest BCUT2D eigenvalue weighted by molar-refractivity contribution is 5.23. The molecule has 0 aromatic heterocycles. The Balaban J connectivity index is 2.77. The van der Waals surface area contributed by atoms with E-state index in [0.717, 1.165) is 6.42 Å². The van der Waals surface area contributed by atoms with Gasteiger partial charge in [0.15, 0.2) is 0 Å². The summed E-state index contributed by atoms with van der Waals surface area (Å²) < 4.78 is 0. The van der Waals surface area contributed by atoms with Crippen LogP contribution in [-0.4, -0.2) is 0 Å². The van der Waals surface area contributed by atoms with E-state index in [4.69, 9.17) is 6.42 Å². The lowest BCUT2D eigenvalue weighted by Gasteiger charge is -2.17. The number of terminal acetylenes is 1. The van der Waals surface area contributed by atoms with Crippen LogP contribution in [0.25, 0.3) is 0 Å². The van der Waals surface area contributed by atoms with Gasteiger partial charge in [-0.2, -0.15) is 0 Å². The molecule has 0 fully saturated rings. The van der Waals surface area contributed by atoms with Crippen molar-refractivity contribution in [3.8, 4) is 12.3 Å². The predicted octanol–water partition coefficient (Wildman–Crippen LogP) is 3.20. The summed E-state index contributed by atoms with van der Waals surface area (Å²) in [6.07, 6.45) is 6.38. The molecule has 0 unspecified atom stereocenters. The monoisotopic (exact) mass is 172 g/mol. The minimum absolute atomic E-state index is 0.0325. The van der Waals surface area contributed by atoms with E-state index in [1.807, 2.05) is 0 Å². The van der Waals surface area contributed by atoms with Crippen LogP contribution < -0.4 is 0 Å². The van der Waals surface area contributed by atoms with E-state index in [9.17, 15) is 0 Å². The molecule has 0 aliphatic carbocycles. The summed E-state index contributed by atoms with van der Waals surface area (Å²) in [7, 11) is 0. The van der Waals surface area contributed by atoms with Crippen molar-refractivity contribution < 1.29 is 0 Å². The molecule has 0 aliphatic heterocycles. The van der Waals surface area contributed by atoms with Crippen molar-refractivity contribution in [1.29, 1.82) is 0 Å². The summed E-state index contributed by atoms with van der Waals surface area (Å²) >= 11 is 0. The molecule has 0 radical (unpaired) electrons. The number of benzene rings is 1. The molecular formula is C13H16. The smallest absolute Gasteiger partial charge is 0.0296 e. The minimum Gasteiger partial charge on any atom is -0.120 e. The zero-order valence-corrected chi connectivity index (χ0v) is 8.59. The van der Waals surface area contributed by atoms with E-state index in [2.05, 4.69) is 51.0 Å². The maximum atomic E-state index is 5.43. The summed E-state index contributed by atoms with van der Waals surface area (Å²) in [5.74, 6) is 2.80. The van der Waals surface area contributed by atoms with Gasteiger partial charge in [-0.25, -0.2) is 0 Å². The normalized spacial score (nSPS) is 10.9. The maximum Gasteiger partial charge on any atom is 0.0296 e. The van der Waals surface area contributed by atoms with E-state index in [1.165, 1.54) is 11.1 Å². The molecule has 0 atom stereocenters. The molecule has 0 bridgehead atoms. The number of rotatable bonds is 2. The average Bonchev–Trinajstić information content (AvgIpc) is 2.09. The number of hydrogen-bond donors (Lipinski definition) is 0. The Morgan fingerprint density at radius 2 is 1.77 bits per heavy atom. The Bertz CT molecular complexity index is 309. The van der Waals surface area contributed by atoms with Gasteiger partial charge in [-0.05, 0) is 32.8 Å². The molecule has 0 saturated heterocycles. The molecule has 1 aromatic rings. The van der Waals surface area contributed by atoms with Crippen LogP contribution in [0, 0.1) is 24.7 Å². The lowest BCUT2D eigenvalue weighted by atomic mass is 9.87. The summed E-state index contributed by atoms with van der Waals surface area (Å²) in [6, 6.07) is 8.55. The first-order valence-electron chi connectivity index (χ1n) is 4.57. The third kappa shape index (κ3) is 2.95. The highest BCUT2D eigenvalue weighted by Crippen LogP contribution is 2.20. The van der Waals surface area contributed by atoms with Gasteiger partial charge in [-0.3, -0.25) is 0 Å². The molecule has 0 heteroatoms. The van der Waals surface area contributed by atoms with Crippen LogP contribution in [0.1, 0.15) is 25.0 Å². The fourth-order valence-electron chi connectivity index (χ4n) is 1.27. The van der Waals surface area contributed by atoms with Gasteiger partial charge in [0.1, 0.15) is 0 Å². The van der Waals surface area contributed by atoms with Crippen LogP contribution in [0.15, 0.2) is 24.3 Å². The molecule has 68 valence electrons. The SMILES string of the molecule is C#CC(C)(C)Cc1ccc(C)cc1. The van der Waals surface area contributed by atoms with Crippen molar-refractivity contribution in [3.63, 3.8) is 0 Å². The second kappa shape index (κ2) is 3.66. The van der Waals surface area contributed by atoms with E-state index in [1.54, 1.807) is 0 Å². The van der Waals surface area contributed by atoms with Crippen molar-refractivity contribution >= 4 is 0 Å². The third-order valence-corrected chi connectivity index (χ3v) is 2.16. The van der Waals surface area contributed by atoms with E-state index in [-0.39, 0.29) is 5.41 Å². The molecule has 0 nitrogen and oxygen atoms in total. The van der Waals surface area contributed by atoms with Gasteiger partial charge in [-0.1, -0.05) is 29.8 Å². The summed E-state index contributed by atoms with van der Waals surface area (Å²) in [5, 5.41) is 0. The topological polar surface area (TPSA) is 0 Å². The van der Waals surface area contributed by atoms with Crippen LogP contribution in [0.4, 0.5) is 0 Å².